The van der Waals surface area contributed by atoms with Crippen LogP contribution in [0.5, 0.6) is 0 Å². The molecule has 2 aromatic rings. The minimum Gasteiger partial charge on any atom is -0.368 e. The molecule has 0 spiro atoms. The number of carbonyl (C=O) groups excluding carboxylic acids is 1. The van der Waals surface area contributed by atoms with E-state index in [9.17, 15) is 10.1 Å². The molecule has 1 unspecified atom stereocenters. The molecule has 25 heavy (non-hydrogen) atoms. The smallest absolute Gasteiger partial charge is 0.227 e. The summed E-state index contributed by atoms with van der Waals surface area (Å²) in [6.45, 7) is 2.96. The Bertz CT molecular complexity index is 842. The minimum atomic E-state index is -0.00277. The fourth-order valence-corrected chi connectivity index (χ4v) is 3.86. The summed E-state index contributed by atoms with van der Waals surface area (Å²) in [5.41, 5.74) is 4.07. The highest BCUT2D eigenvalue weighted by molar-refractivity contribution is 5.81. The maximum atomic E-state index is 13.0. The first kappa shape index (κ1) is 15.6. The second kappa shape index (κ2) is 6.56. The quantitative estimate of drug-likeness (QED) is 0.847. The normalized spacial score (nSPS) is 19.4. The largest absolute Gasteiger partial charge is 0.368 e. The van der Waals surface area contributed by atoms with Crippen molar-refractivity contribution in [2.75, 3.05) is 24.5 Å². The van der Waals surface area contributed by atoms with E-state index >= 15 is 0 Å². The molecule has 3 heterocycles. The number of hydrogen-bond donors (Lipinski definition) is 0. The lowest BCUT2D eigenvalue weighted by Gasteiger charge is -2.31. The van der Waals surface area contributed by atoms with Crippen molar-refractivity contribution in [3.05, 3.63) is 59.4 Å². The van der Waals surface area contributed by atoms with E-state index in [1.807, 2.05) is 11.0 Å². The van der Waals surface area contributed by atoms with Gasteiger partial charge < -0.3 is 9.80 Å². The van der Waals surface area contributed by atoms with Crippen LogP contribution >= 0.6 is 0 Å². The van der Waals surface area contributed by atoms with Gasteiger partial charge >= 0.3 is 0 Å². The van der Waals surface area contributed by atoms with Crippen molar-refractivity contribution in [3.8, 4) is 6.07 Å². The van der Waals surface area contributed by atoms with E-state index in [4.69, 9.17) is 0 Å². The Kier molecular flexibility index (Phi) is 4.10. The fourth-order valence-electron chi connectivity index (χ4n) is 3.86. The number of hydrogen-bond acceptors (Lipinski definition) is 4. The van der Waals surface area contributed by atoms with Crippen LogP contribution in [0.2, 0.25) is 0 Å². The Balaban J connectivity index is 1.46. The van der Waals surface area contributed by atoms with Crippen LogP contribution in [0.3, 0.4) is 0 Å². The van der Waals surface area contributed by atoms with E-state index in [-0.39, 0.29) is 11.8 Å². The van der Waals surface area contributed by atoms with E-state index in [0.29, 0.717) is 18.7 Å². The molecule has 5 heteroatoms. The number of amides is 1. The van der Waals surface area contributed by atoms with E-state index in [1.54, 1.807) is 18.5 Å². The molecule has 1 aromatic carbocycles. The Morgan fingerprint density at radius 2 is 2.04 bits per heavy atom. The first-order chi connectivity index (χ1) is 12.3. The zero-order valence-corrected chi connectivity index (χ0v) is 14.1. The van der Waals surface area contributed by atoms with Gasteiger partial charge in [0.25, 0.3) is 0 Å². The van der Waals surface area contributed by atoms with Crippen molar-refractivity contribution in [1.82, 2.24) is 9.88 Å². The molecule has 2 aliphatic rings. The molecule has 126 valence electrons. The van der Waals surface area contributed by atoms with E-state index < -0.39 is 0 Å². The van der Waals surface area contributed by atoms with Gasteiger partial charge in [-0.05, 0) is 30.0 Å². The number of pyridine rings is 1. The highest BCUT2D eigenvalue weighted by Gasteiger charge is 2.33. The topological polar surface area (TPSA) is 60.2 Å². The van der Waals surface area contributed by atoms with Crippen LogP contribution in [0.25, 0.3) is 0 Å². The van der Waals surface area contributed by atoms with Gasteiger partial charge in [-0.25, -0.2) is 0 Å². The zero-order chi connectivity index (χ0) is 17.2. The zero-order valence-electron chi connectivity index (χ0n) is 14.1. The molecule has 4 rings (SSSR count). The molecule has 0 aliphatic carbocycles. The molecule has 0 radical (unpaired) electrons. The summed E-state index contributed by atoms with van der Waals surface area (Å²) in [5.74, 6) is 0.233. The minimum absolute atomic E-state index is 0.00277. The number of fused-ring (bicyclic) bond motifs is 1. The molecular weight excluding hydrogens is 312 g/mol. The predicted octanol–water partition coefficient (Wildman–Crippen LogP) is 2.36. The molecule has 0 N–H and O–H groups in total. The average molecular weight is 332 g/mol. The monoisotopic (exact) mass is 332 g/mol. The Morgan fingerprint density at radius 3 is 2.88 bits per heavy atom. The third kappa shape index (κ3) is 2.96. The van der Waals surface area contributed by atoms with Gasteiger partial charge in [0, 0.05) is 32.4 Å². The van der Waals surface area contributed by atoms with Gasteiger partial charge in [-0.3, -0.25) is 9.78 Å². The van der Waals surface area contributed by atoms with Crippen molar-refractivity contribution < 1.29 is 4.79 Å². The molecule has 0 bridgehead atoms. The third-order valence-electron chi connectivity index (χ3n) is 5.24. The van der Waals surface area contributed by atoms with E-state index in [1.165, 1.54) is 11.1 Å². The van der Waals surface area contributed by atoms with Gasteiger partial charge in [-0.15, -0.1) is 0 Å². The SMILES string of the molecule is N#Cc1ccncc1N1CCC(C(=O)N2CCc3ccccc3C2)C1. The summed E-state index contributed by atoms with van der Waals surface area (Å²) in [5, 5.41) is 9.27. The molecule has 5 nitrogen and oxygen atoms in total. The maximum Gasteiger partial charge on any atom is 0.227 e. The summed E-state index contributed by atoms with van der Waals surface area (Å²) >= 11 is 0. The number of nitriles is 1. The number of carbonyl (C=O) groups is 1. The van der Waals surface area contributed by atoms with Crippen LogP contribution < -0.4 is 4.90 Å². The predicted molar refractivity (Wildman–Crippen MR) is 94.8 cm³/mol. The molecule has 0 saturated carbocycles. The standard InChI is InChI=1S/C20H20N4O/c21-11-16-5-8-22-12-19(16)23-9-7-18(14-23)20(25)24-10-6-15-3-1-2-4-17(15)13-24/h1-5,8,12,18H,6-7,9-10,13-14H2. The molecular formula is C20H20N4O. The summed E-state index contributed by atoms with van der Waals surface area (Å²) in [6.07, 6.45) is 5.12. The highest BCUT2D eigenvalue weighted by atomic mass is 16.2. The Labute approximate surface area is 147 Å². The van der Waals surface area contributed by atoms with Crippen molar-refractivity contribution in [2.24, 2.45) is 5.92 Å². The van der Waals surface area contributed by atoms with Gasteiger partial charge in [0.2, 0.25) is 5.91 Å². The number of anilines is 1. The molecule has 1 atom stereocenters. The maximum absolute atomic E-state index is 13.0. The lowest BCUT2D eigenvalue weighted by atomic mass is 9.98. The second-order valence-electron chi connectivity index (χ2n) is 6.71. The third-order valence-corrected chi connectivity index (χ3v) is 5.24. The molecule has 2 aliphatic heterocycles. The van der Waals surface area contributed by atoms with Crippen molar-refractivity contribution in [1.29, 1.82) is 5.26 Å². The van der Waals surface area contributed by atoms with Crippen molar-refractivity contribution >= 4 is 11.6 Å². The van der Waals surface area contributed by atoms with Crippen LogP contribution in [-0.2, 0) is 17.8 Å². The Morgan fingerprint density at radius 1 is 1.20 bits per heavy atom. The van der Waals surface area contributed by atoms with E-state index in [0.717, 1.165) is 31.6 Å². The first-order valence-corrected chi connectivity index (χ1v) is 8.71. The molecule has 1 fully saturated rings. The van der Waals surface area contributed by atoms with Gasteiger partial charge in [-0.1, -0.05) is 24.3 Å². The Hall–Kier alpha value is -2.87. The highest BCUT2D eigenvalue weighted by Crippen LogP contribution is 2.28. The van der Waals surface area contributed by atoms with Crippen molar-refractivity contribution in [3.63, 3.8) is 0 Å². The average Bonchev–Trinajstić information content (AvgIpc) is 3.17. The fraction of sp³-hybridized carbons (Fsp3) is 0.350. The molecule has 1 aromatic heterocycles. The lowest BCUT2D eigenvalue weighted by Crippen LogP contribution is -2.40. The summed E-state index contributed by atoms with van der Waals surface area (Å²) in [6, 6.07) is 12.3. The second-order valence-corrected chi connectivity index (χ2v) is 6.71. The first-order valence-electron chi connectivity index (χ1n) is 8.71. The molecule has 1 saturated heterocycles. The van der Waals surface area contributed by atoms with E-state index in [2.05, 4.69) is 34.2 Å². The number of rotatable bonds is 2. The summed E-state index contributed by atoms with van der Waals surface area (Å²) in [7, 11) is 0. The summed E-state index contributed by atoms with van der Waals surface area (Å²) < 4.78 is 0. The molecule has 1 amide bonds. The number of nitrogens with zero attached hydrogens (tertiary/aromatic N) is 4. The number of benzene rings is 1. The van der Waals surface area contributed by atoms with Crippen LogP contribution in [0, 0.1) is 17.2 Å². The summed E-state index contributed by atoms with van der Waals surface area (Å²) in [4.78, 5) is 21.2. The number of aromatic nitrogens is 1. The van der Waals surface area contributed by atoms with Gasteiger partial charge in [-0.2, -0.15) is 5.26 Å². The van der Waals surface area contributed by atoms with Crippen LogP contribution in [0.4, 0.5) is 5.69 Å². The van der Waals surface area contributed by atoms with Crippen LogP contribution in [0.15, 0.2) is 42.7 Å². The van der Waals surface area contributed by atoms with Gasteiger partial charge in [0.1, 0.15) is 6.07 Å². The van der Waals surface area contributed by atoms with Gasteiger partial charge in [0.15, 0.2) is 0 Å². The van der Waals surface area contributed by atoms with Crippen LogP contribution in [0.1, 0.15) is 23.1 Å². The van der Waals surface area contributed by atoms with Gasteiger partial charge in [0.05, 0.1) is 23.4 Å². The van der Waals surface area contributed by atoms with Crippen LogP contribution in [-0.4, -0.2) is 35.4 Å². The lowest BCUT2D eigenvalue weighted by molar-refractivity contribution is -0.135. The van der Waals surface area contributed by atoms with Crippen molar-refractivity contribution in [2.45, 2.75) is 19.4 Å².